The van der Waals surface area contributed by atoms with Gasteiger partial charge in [-0.15, -0.1) is 24.0 Å². The number of rotatable bonds is 10. The van der Waals surface area contributed by atoms with Crippen molar-refractivity contribution < 1.29 is 14.0 Å². The number of benzene rings is 1. The third-order valence-electron chi connectivity index (χ3n) is 4.47. The van der Waals surface area contributed by atoms with Gasteiger partial charge in [0.25, 0.3) is 0 Å². The second kappa shape index (κ2) is 13.4. The summed E-state index contributed by atoms with van der Waals surface area (Å²) in [5.74, 6) is 2.55. The molecule has 0 saturated heterocycles. The van der Waals surface area contributed by atoms with Gasteiger partial charge in [0.1, 0.15) is 11.9 Å². The third-order valence-corrected chi connectivity index (χ3v) is 4.47. The molecule has 2 unspecified atom stereocenters. The molecule has 1 heterocycles. The molecule has 168 valence electrons. The molecule has 9 heteroatoms. The van der Waals surface area contributed by atoms with Crippen LogP contribution < -0.4 is 15.4 Å². The number of aryl methyl sites for hydroxylation is 1. The Labute approximate surface area is 196 Å². The highest BCUT2D eigenvalue weighted by Gasteiger charge is 2.14. The van der Waals surface area contributed by atoms with Crippen LogP contribution in [0.2, 0.25) is 0 Å². The van der Waals surface area contributed by atoms with E-state index in [4.69, 9.17) is 14.0 Å². The Morgan fingerprint density at radius 1 is 1.20 bits per heavy atom. The van der Waals surface area contributed by atoms with Crippen LogP contribution in [0.25, 0.3) is 0 Å². The van der Waals surface area contributed by atoms with Crippen LogP contribution in [0.4, 0.5) is 0 Å². The maximum Gasteiger partial charge on any atom is 0.246 e. The van der Waals surface area contributed by atoms with Gasteiger partial charge in [-0.25, -0.2) is 0 Å². The van der Waals surface area contributed by atoms with Crippen molar-refractivity contribution in [2.75, 3.05) is 13.7 Å². The zero-order valence-corrected chi connectivity index (χ0v) is 21.0. The fourth-order valence-electron chi connectivity index (χ4n) is 2.61. The van der Waals surface area contributed by atoms with Crippen molar-refractivity contribution in [2.24, 2.45) is 4.99 Å². The SMILES string of the molecule is CCOC(C)c1noc(CNC(=NC)NCc2ccc(C)cc2OC(C)CC)n1.I. The van der Waals surface area contributed by atoms with Crippen molar-refractivity contribution in [2.45, 2.75) is 66.3 Å². The zero-order valence-electron chi connectivity index (χ0n) is 18.7. The molecule has 0 radical (unpaired) electrons. The van der Waals surface area contributed by atoms with Gasteiger partial charge in [-0.3, -0.25) is 4.99 Å². The first kappa shape index (κ1) is 26.2. The number of ether oxygens (including phenoxy) is 2. The van der Waals surface area contributed by atoms with E-state index in [0.29, 0.717) is 37.4 Å². The lowest BCUT2D eigenvalue weighted by atomic mass is 10.1. The summed E-state index contributed by atoms with van der Waals surface area (Å²) in [4.78, 5) is 8.60. The lowest BCUT2D eigenvalue weighted by Crippen LogP contribution is -2.36. The van der Waals surface area contributed by atoms with Crippen molar-refractivity contribution in [1.82, 2.24) is 20.8 Å². The van der Waals surface area contributed by atoms with Gasteiger partial charge in [-0.05, 0) is 45.7 Å². The van der Waals surface area contributed by atoms with Crippen LogP contribution in [0, 0.1) is 6.92 Å². The van der Waals surface area contributed by atoms with Crippen molar-refractivity contribution in [3.63, 3.8) is 0 Å². The summed E-state index contributed by atoms with van der Waals surface area (Å²) in [6.07, 6.45) is 0.928. The van der Waals surface area contributed by atoms with Crippen LogP contribution in [0.15, 0.2) is 27.7 Å². The number of nitrogens with zero attached hydrogens (tertiary/aromatic N) is 3. The lowest BCUT2D eigenvalue weighted by Gasteiger charge is -2.18. The van der Waals surface area contributed by atoms with Crippen molar-refractivity contribution in [3.05, 3.63) is 41.0 Å². The van der Waals surface area contributed by atoms with E-state index in [1.54, 1.807) is 7.05 Å². The number of halogens is 1. The van der Waals surface area contributed by atoms with E-state index in [1.807, 2.05) is 13.8 Å². The second-order valence-corrected chi connectivity index (χ2v) is 6.87. The maximum atomic E-state index is 6.07. The number of hydrogen-bond acceptors (Lipinski definition) is 6. The maximum absolute atomic E-state index is 6.07. The highest BCUT2D eigenvalue weighted by Crippen LogP contribution is 2.22. The summed E-state index contributed by atoms with van der Waals surface area (Å²) in [5, 5.41) is 10.4. The average Bonchev–Trinajstić information content (AvgIpc) is 3.18. The van der Waals surface area contributed by atoms with E-state index in [0.717, 1.165) is 17.7 Å². The molecule has 2 rings (SSSR count). The highest BCUT2D eigenvalue weighted by molar-refractivity contribution is 14.0. The monoisotopic (exact) mass is 531 g/mol. The molecular weight excluding hydrogens is 497 g/mol. The molecule has 8 nitrogen and oxygen atoms in total. The largest absolute Gasteiger partial charge is 0.490 e. The lowest BCUT2D eigenvalue weighted by molar-refractivity contribution is 0.0683. The Balaban J connectivity index is 0.00000450. The first-order valence-corrected chi connectivity index (χ1v) is 10.1. The van der Waals surface area contributed by atoms with Gasteiger partial charge in [-0.1, -0.05) is 24.2 Å². The van der Waals surface area contributed by atoms with Crippen molar-refractivity contribution >= 4 is 29.9 Å². The Kier molecular flexibility index (Phi) is 11.7. The predicted molar refractivity (Wildman–Crippen MR) is 128 cm³/mol. The third kappa shape index (κ3) is 8.10. The molecule has 1 aromatic carbocycles. The van der Waals surface area contributed by atoms with Gasteiger partial charge in [-0.2, -0.15) is 4.98 Å². The minimum atomic E-state index is -0.194. The number of guanidine groups is 1. The second-order valence-electron chi connectivity index (χ2n) is 6.87. The predicted octanol–water partition coefficient (Wildman–Crippen LogP) is 4.14. The summed E-state index contributed by atoms with van der Waals surface area (Å²) in [5.41, 5.74) is 2.24. The van der Waals surface area contributed by atoms with E-state index in [9.17, 15) is 0 Å². The smallest absolute Gasteiger partial charge is 0.246 e. The Hall–Kier alpha value is -1.88. The molecule has 0 aliphatic carbocycles. The van der Waals surface area contributed by atoms with Crippen LogP contribution in [0.5, 0.6) is 5.75 Å². The summed E-state index contributed by atoms with van der Waals surface area (Å²) >= 11 is 0. The minimum Gasteiger partial charge on any atom is -0.490 e. The molecule has 0 saturated carbocycles. The van der Waals surface area contributed by atoms with Gasteiger partial charge in [0, 0.05) is 25.8 Å². The fraction of sp³-hybridized carbons (Fsp3) is 0.571. The van der Waals surface area contributed by atoms with E-state index < -0.39 is 0 Å². The molecule has 2 N–H and O–H groups in total. The van der Waals surface area contributed by atoms with Crippen LogP contribution in [-0.2, 0) is 17.8 Å². The molecule has 0 fully saturated rings. The summed E-state index contributed by atoms with van der Waals surface area (Å²) in [7, 11) is 1.72. The summed E-state index contributed by atoms with van der Waals surface area (Å²) in [6.45, 7) is 11.6. The van der Waals surface area contributed by atoms with E-state index >= 15 is 0 Å². The first-order chi connectivity index (χ1) is 14.0. The van der Waals surface area contributed by atoms with E-state index in [1.165, 1.54) is 5.56 Å². The highest BCUT2D eigenvalue weighted by atomic mass is 127. The molecule has 0 aliphatic heterocycles. The van der Waals surface area contributed by atoms with Crippen LogP contribution in [0.3, 0.4) is 0 Å². The molecule has 30 heavy (non-hydrogen) atoms. The van der Waals surface area contributed by atoms with Gasteiger partial charge in [0.05, 0.1) is 12.6 Å². The molecule has 0 amide bonds. The van der Waals surface area contributed by atoms with Gasteiger partial charge < -0.3 is 24.6 Å². The van der Waals surface area contributed by atoms with Crippen LogP contribution in [0.1, 0.15) is 63.1 Å². The fourth-order valence-corrected chi connectivity index (χ4v) is 2.61. The summed E-state index contributed by atoms with van der Waals surface area (Å²) < 4.78 is 16.8. The number of hydrogen-bond donors (Lipinski definition) is 2. The van der Waals surface area contributed by atoms with E-state index in [-0.39, 0.29) is 36.2 Å². The number of nitrogens with one attached hydrogen (secondary N) is 2. The average molecular weight is 531 g/mol. The quantitative estimate of drug-likeness (QED) is 0.271. The van der Waals surface area contributed by atoms with Crippen molar-refractivity contribution in [3.8, 4) is 5.75 Å². The number of aliphatic imine (C=N–C) groups is 1. The molecule has 2 aromatic rings. The van der Waals surface area contributed by atoms with Gasteiger partial charge in [0.15, 0.2) is 11.8 Å². The molecule has 1 aromatic heterocycles. The van der Waals surface area contributed by atoms with Crippen LogP contribution >= 0.6 is 24.0 Å². The molecule has 0 spiro atoms. The van der Waals surface area contributed by atoms with Crippen LogP contribution in [-0.4, -0.2) is 35.9 Å². The molecule has 2 atom stereocenters. The Bertz CT molecular complexity index is 797. The van der Waals surface area contributed by atoms with Gasteiger partial charge >= 0.3 is 0 Å². The normalized spacial score (nSPS) is 13.3. The Morgan fingerprint density at radius 3 is 2.60 bits per heavy atom. The molecule has 0 aliphatic rings. The van der Waals surface area contributed by atoms with Gasteiger partial charge in [0.2, 0.25) is 5.89 Å². The van der Waals surface area contributed by atoms with Crippen molar-refractivity contribution in [1.29, 1.82) is 0 Å². The molecular formula is C21H34IN5O3. The topological polar surface area (TPSA) is 93.8 Å². The Morgan fingerprint density at radius 2 is 1.93 bits per heavy atom. The standard InChI is InChI=1S/C21H33N5O3.HI/c1-7-15(4)28-18-11-14(3)9-10-17(18)12-23-21(22-6)24-13-19-25-20(26-29-19)16(5)27-8-2;/h9-11,15-16H,7-8,12-13H2,1-6H3,(H2,22,23,24);1H. The number of aromatic nitrogens is 2. The molecule has 0 bridgehead atoms. The minimum absolute atomic E-state index is 0. The zero-order chi connectivity index (χ0) is 21.2. The first-order valence-electron chi connectivity index (χ1n) is 10.1. The van der Waals surface area contributed by atoms with E-state index in [2.05, 4.69) is 64.7 Å². The summed E-state index contributed by atoms with van der Waals surface area (Å²) in [6, 6.07) is 6.22.